The van der Waals surface area contributed by atoms with Gasteiger partial charge in [-0.1, -0.05) is 13.0 Å². The summed E-state index contributed by atoms with van der Waals surface area (Å²) < 4.78 is 16.0. The van der Waals surface area contributed by atoms with Crippen molar-refractivity contribution in [1.82, 2.24) is 4.90 Å². The number of carbonyl (C=O) groups excluding carboxylic acids is 3. The summed E-state index contributed by atoms with van der Waals surface area (Å²) in [5.41, 5.74) is 0.616. The molecule has 9 heteroatoms. The van der Waals surface area contributed by atoms with Crippen molar-refractivity contribution in [2.45, 2.75) is 33.3 Å². The van der Waals surface area contributed by atoms with Crippen molar-refractivity contribution in [3.05, 3.63) is 28.7 Å². The molecule has 1 atom stereocenters. The van der Waals surface area contributed by atoms with Gasteiger partial charge in [-0.15, -0.1) is 0 Å². The maximum absolute atomic E-state index is 12.5. The molecule has 1 saturated heterocycles. The van der Waals surface area contributed by atoms with Crippen LogP contribution in [-0.2, 0) is 14.3 Å². The van der Waals surface area contributed by atoms with Crippen molar-refractivity contribution in [3.63, 3.8) is 0 Å². The molecule has 1 aromatic rings. The molecule has 2 rings (SSSR count). The van der Waals surface area contributed by atoms with Gasteiger partial charge in [0.25, 0.3) is 11.1 Å². The van der Waals surface area contributed by atoms with Crippen LogP contribution in [0.2, 0.25) is 0 Å². The molecule has 154 valence electrons. The topological polar surface area (TPSA) is 106 Å². The van der Waals surface area contributed by atoms with E-state index in [1.54, 1.807) is 31.2 Å². The molecule has 1 aliphatic heterocycles. The van der Waals surface area contributed by atoms with Crippen LogP contribution in [0.4, 0.5) is 4.79 Å². The number of nitriles is 1. The second-order valence-electron chi connectivity index (χ2n) is 6.06. The Balaban J connectivity index is 2.17. The fraction of sp³-hybridized carbons (Fsp3) is 0.400. The Morgan fingerprint density at radius 3 is 2.69 bits per heavy atom. The number of hydrogen-bond acceptors (Lipinski definition) is 8. The van der Waals surface area contributed by atoms with Gasteiger partial charge in [-0.05, 0) is 55.8 Å². The molecular weight excluding hydrogens is 396 g/mol. The van der Waals surface area contributed by atoms with Gasteiger partial charge in [0.05, 0.1) is 17.6 Å². The van der Waals surface area contributed by atoms with Crippen molar-refractivity contribution < 1.29 is 28.6 Å². The van der Waals surface area contributed by atoms with Crippen LogP contribution < -0.4 is 9.47 Å². The SMILES string of the molecule is CCOc1cc(/C=C2\SC(=O)N(CC(=O)O[C@H](C)CC)C2=O)ccc1OCC#N. The number of carbonyl (C=O) groups is 3. The molecule has 0 aliphatic carbocycles. The number of imide groups is 1. The second-order valence-corrected chi connectivity index (χ2v) is 7.06. The van der Waals surface area contributed by atoms with Crippen LogP contribution in [0.5, 0.6) is 11.5 Å². The van der Waals surface area contributed by atoms with Gasteiger partial charge in [0.1, 0.15) is 12.6 Å². The fourth-order valence-electron chi connectivity index (χ4n) is 2.37. The first-order valence-electron chi connectivity index (χ1n) is 9.11. The Morgan fingerprint density at radius 2 is 2.03 bits per heavy atom. The van der Waals surface area contributed by atoms with Crippen molar-refractivity contribution >= 4 is 35.0 Å². The monoisotopic (exact) mass is 418 g/mol. The first-order valence-corrected chi connectivity index (χ1v) is 9.92. The molecule has 0 aromatic heterocycles. The van der Waals surface area contributed by atoms with Gasteiger partial charge in [0.2, 0.25) is 0 Å². The van der Waals surface area contributed by atoms with E-state index in [2.05, 4.69) is 0 Å². The van der Waals surface area contributed by atoms with Gasteiger partial charge in [0.15, 0.2) is 18.1 Å². The van der Waals surface area contributed by atoms with Gasteiger partial charge in [0, 0.05) is 0 Å². The highest BCUT2D eigenvalue weighted by Crippen LogP contribution is 2.34. The first-order chi connectivity index (χ1) is 13.9. The lowest BCUT2D eigenvalue weighted by Crippen LogP contribution is -2.35. The molecule has 8 nitrogen and oxygen atoms in total. The highest BCUT2D eigenvalue weighted by atomic mass is 32.2. The van der Waals surface area contributed by atoms with E-state index in [4.69, 9.17) is 19.5 Å². The highest BCUT2D eigenvalue weighted by Gasteiger charge is 2.36. The van der Waals surface area contributed by atoms with E-state index in [0.29, 0.717) is 30.1 Å². The quantitative estimate of drug-likeness (QED) is 0.444. The van der Waals surface area contributed by atoms with Crippen LogP contribution in [0.25, 0.3) is 6.08 Å². The number of thioether (sulfide) groups is 1. The summed E-state index contributed by atoms with van der Waals surface area (Å²) in [6, 6.07) is 6.85. The summed E-state index contributed by atoms with van der Waals surface area (Å²) in [5.74, 6) is -0.344. The standard InChI is InChI=1S/C20H22N2O6S/c1-4-13(3)28-18(23)12-22-19(24)17(29-20(22)25)11-14-6-7-15(27-9-8-21)16(10-14)26-5-2/h6-7,10-11,13H,4-5,9,12H2,1-3H3/b17-11-/t13-/m1/s1. The molecule has 0 spiro atoms. The Morgan fingerprint density at radius 1 is 1.28 bits per heavy atom. The van der Waals surface area contributed by atoms with Crippen LogP contribution in [-0.4, -0.2) is 47.9 Å². The lowest BCUT2D eigenvalue weighted by molar-refractivity contribution is -0.150. The Hall–Kier alpha value is -2.99. The van der Waals surface area contributed by atoms with Crippen molar-refractivity contribution in [1.29, 1.82) is 5.26 Å². The Kier molecular flexibility index (Phi) is 8.09. The molecule has 0 saturated carbocycles. The zero-order chi connectivity index (χ0) is 21.4. The minimum Gasteiger partial charge on any atom is -0.490 e. The molecule has 1 aliphatic rings. The average Bonchev–Trinajstić information content (AvgIpc) is 2.94. The van der Waals surface area contributed by atoms with Crippen molar-refractivity contribution in [2.75, 3.05) is 19.8 Å². The van der Waals surface area contributed by atoms with Gasteiger partial charge >= 0.3 is 5.97 Å². The van der Waals surface area contributed by atoms with Crippen LogP contribution >= 0.6 is 11.8 Å². The largest absolute Gasteiger partial charge is 0.490 e. The third-order valence-electron chi connectivity index (χ3n) is 3.93. The molecule has 2 amide bonds. The third kappa shape index (κ3) is 5.99. The lowest BCUT2D eigenvalue weighted by atomic mass is 10.2. The molecule has 0 radical (unpaired) electrons. The number of benzene rings is 1. The summed E-state index contributed by atoms with van der Waals surface area (Å²) in [7, 11) is 0. The van der Waals surface area contributed by atoms with Gasteiger partial charge in [-0.2, -0.15) is 5.26 Å². The molecule has 0 N–H and O–H groups in total. The van der Waals surface area contributed by atoms with Crippen LogP contribution in [0.15, 0.2) is 23.1 Å². The predicted octanol–water partition coefficient (Wildman–Crippen LogP) is 3.37. The average molecular weight is 418 g/mol. The minimum absolute atomic E-state index is 0.120. The van der Waals surface area contributed by atoms with E-state index in [1.807, 2.05) is 19.9 Å². The smallest absolute Gasteiger partial charge is 0.326 e. The molecular formula is C20H22N2O6S. The Bertz CT molecular complexity index is 861. The van der Waals surface area contributed by atoms with Gasteiger partial charge in [-0.3, -0.25) is 19.3 Å². The molecule has 1 heterocycles. The number of esters is 1. The summed E-state index contributed by atoms with van der Waals surface area (Å²) >= 11 is 0.756. The third-order valence-corrected chi connectivity index (χ3v) is 4.83. The Labute approximate surface area is 173 Å². The summed E-state index contributed by atoms with van der Waals surface area (Å²) in [6.07, 6.45) is 1.90. The second kappa shape index (κ2) is 10.5. The number of rotatable bonds is 9. The highest BCUT2D eigenvalue weighted by molar-refractivity contribution is 8.18. The summed E-state index contributed by atoms with van der Waals surface area (Å²) in [5, 5.41) is 8.13. The summed E-state index contributed by atoms with van der Waals surface area (Å²) in [4.78, 5) is 37.7. The van der Waals surface area contributed by atoms with Gasteiger partial charge < -0.3 is 14.2 Å². The van der Waals surface area contributed by atoms with E-state index in [0.717, 1.165) is 16.7 Å². The zero-order valence-electron chi connectivity index (χ0n) is 16.5. The van der Waals surface area contributed by atoms with E-state index in [9.17, 15) is 14.4 Å². The molecule has 0 bridgehead atoms. The molecule has 1 aromatic carbocycles. The molecule has 29 heavy (non-hydrogen) atoms. The fourth-order valence-corrected chi connectivity index (χ4v) is 3.21. The molecule has 0 unspecified atom stereocenters. The van der Waals surface area contributed by atoms with E-state index in [-0.39, 0.29) is 17.6 Å². The van der Waals surface area contributed by atoms with Crippen LogP contribution in [0, 0.1) is 11.3 Å². The summed E-state index contributed by atoms with van der Waals surface area (Å²) in [6.45, 7) is 5.27. The molecule has 1 fully saturated rings. The van der Waals surface area contributed by atoms with Crippen molar-refractivity contribution in [3.8, 4) is 17.6 Å². The first kappa shape index (κ1) is 22.3. The normalized spacial score (nSPS) is 15.9. The zero-order valence-corrected chi connectivity index (χ0v) is 17.3. The van der Waals surface area contributed by atoms with Gasteiger partial charge in [-0.25, -0.2) is 0 Å². The number of nitrogens with zero attached hydrogens (tertiary/aromatic N) is 2. The number of hydrogen-bond donors (Lipinski definition) is 0. The number of amides is 2. The van der Waals surface area contributed by atoms with Crippen molar-refractivity contribution in [2.24, 2.45) is 0 Å². The maximum Gasteiger partial charge on any atom is 0.326 e. The lowest BCUT2D eigenvalue weighted by Gasteiger charge is -2.14. The van der Waals surface area contributed by atoms with E-state index < -0.39 is 23.7 Å². The van der Waals surface area contributed by atoms with E-state index in [1.165, 1.54) is 0 Å². The number of ether oxygens (including phenoxy) is 3. The van der Waals surface area contributed by atoms with E-state index >= 15 is 0 Å². The maximum atomic E-state index is 12.5. The van der Waals surface area contributed by atoms with Crippen LogP contribution in [0.3, 0.4) is 0 Å². The van der Waals surface area contributed by atoms with Crippen LogP contribution in [0.1, 0.15) is 32.8 Å². The minimum atomic E-state index is -0.625. The predicted molar refractivity (Wildman–Crippen MR) is 107 cm³/mol.